The molecule has 0 fully saturated rings. The van der Waals surface area contributed by atoms with Crippen LogP contribution in [0, 0.1) is 5.82 Å². The van der Waals surface area contributed by atoms with Gasteiger partial charge in [-0.1, -0.05) is 18.2 Å². The lowest BCUT2D eigenvalue weighted by Crippen LogP contribution is -2.18. The van der Waals surface area contributed by atoms with Crippen molar-refractivity contribution in [2.24, 2.45) is 0 Å². The molecule has 26 heavy (non-hydrogen) atoms. The van der Waals surface area contributed by atoms with Crippen molar-refractivity contribution in [1.29, 1.82) is 0 Å². The number of nitrogens with one attached hydrogen (secondary N) is 1. The molecule has 1 amide bonds. The van der Waals surface area contributed by atoms with Gasteiger partial charge in [-0.05, 0) is 59.7 Å². The van der Waals surface area contributed by atoms with Gasteiger partial charge < -0.3 is 5.32 Å². The molecule has 0 aliphatic carbocycles. The molecule has 0 unspecified atom stereocenters. The highest BCUT2D eigenvalue weighted by atomic mass is 19.1. The summed E-state index contributed by atoms with van der Waals surface area (Å²) in [6, 6.07) is 19.6. The van der Waals surface area contributed by atoms with Crippen LogP contribution in [0.4, 0.5) is 4.39 Å². The second kappa shape index (κ2) is 6.44. The summed E-state index contributed by atoms with van der Waals surface area (Å²) >= 11 is 0. The minimum Gasteiger partial charge on any atom is -0.355 e. The van der Waals surface area contributed by atoms with Crippen LogP contribution in [0.15, 0.2) is 72.9 Å². The molecule has 0 saturated carbocycles. The number of aromatic nitrogens is 2. The van der Waals surface area contributed by atoms with E-state index >= 15 is 0 Å². The minimum atomic E-state index is -0.273. The van der Waals surface area contributed by atoms with Crippen molar-refractivity contribution >= 4 is 11.4 Å². The van der Waals surface area contributed by atoms with Gasteiger partial charge in [0.1, 0.15) is 5.82 Å². The van der Waals surface area contributed by atoms with Crippen LogP contribution in [-0.4, -0.2) is 22.6 Å². The predicted molar refractivity (Wildman–Crippen MR) is 99.4 cm³/mol. The van der Waals surface area contributed by atoms with E-state index in [2.05, 4.69) is 10.4 Å². The topological polar surface area (TPSA) is 46.4 Å². The highest BCUT2D eigenvalue weighted by Gasteiger charge is 2.12. The normalized spacial score (nSPS) is 10.8. The fourth-order valence-electron chi connectivity index (χ4n) is 2.99. The number of benzene rings is 2. The molecular weight excluding hydrogens is 329 g/mol. The van der Waals surface area contributed by atoms with Crippen molar-refractivity contribution in [2.75, 3.05) is 7.05 Å². The van der Waals surface area contributed by atoms with Crippen LogP contribution in [0.2, 0.25) is 0 Å². The Bertz CT molecular complexity index is 1100. The summed E-state index contributed by atoms with van der Waals surface area (Å²) in [7, 11) is 1.62. The van der Waals surface area contributed by atoms with E-state index in [1.165, 1.54) is 12.1 Å². The SMILES string of the molecule is CNC(=O)c1ccccc1-c1ccn2nc(-c3ccc(F)cc3)cc2c1. The summed E-state index contributed by atoms with van der Waals surface area (Å²) < 4.78 is 14.9. The largest absolute Gasteiger partial charge is 0.355 e. The number of nitrogens with zero attached hydrogens (tertiary/aromatic N) is 2. The van der Waals surface area contributed by atoms with Crippen LogP contribution >= 0.6 is 0 Å². The number of carbonyl (C=O) groups excluding carboxylic acids is 1. The molecule has 128 valence electrons. The Labute approximate surface area is 149 Å². The second-order valence-electron chi connectivity index (χ2n) is 5.95. The molecule has 0 radical (unpaired) electrons. The molecule has 2 aromatic heterocycles. The van der Waals surface area contributed by atoms with Crippen molar-refractivity contribution in [2.45, 2.75) is 0 Å². The fourth-order valence-corrected chi connectivity index (χ4v) is 2.99. The standard InChI is InChI=1S/C21H16FN3O/c1-23-21(26)19-5-3-2-4-18(19)15-10-11-25-17(12-15)13-20(24-25)14-6-8-16(22)9-7-14/h2-13H,1H3,(H,23,26). The quantitative estimate of drug-likeness (QED) is 0.606. The van der Waals surface area contributed by atoms with Gasteiger partial charge in [-0.25, -0.2) is 8.91 Å². The van der Waals surface area contributed by atoms with Gasteiger partial charge in [-0.2, -0.15) is 5.10 Å². The van der Waals surface area contributed by atoms with Crippen molar-refractivity contribution in [3.8, 4) is 22.4 Å². The highest BCUT2D eigenvalue weighted by Crippen LogP contribution is 2.27. The smallest absolute Gasteiger partial charge is 0.251 e. The number of carbonyl (C=O) groups is 1. The van der Waals surface area contributed by atoms with Crippen molar-refractivity contribution in [3.05, 3.63) is 84.3 Å². The molecule has 2 aromatic carbocycles. The number of rotatable bonds is 3. The third-order valence-corrected chi connectivity index (χ3v) is 4.31. The Hall–Kier alpha value is -3.47. The molecule has 0 bridgehead atoms. The van der Waals surface area contributed by atoms with E-state index in [4.69, 9.17) is 0 Å². The summed E-state index contributed by atoms with van der Waals surface area (Å²) in [6.45, 7) is 0. The molecule has 4 nitrogen and oxygen atoms in total. The Morgan fingerprint density at radius 3 is 2.54 bits per heavy atom. The van der Waals surface area contributed by atoms with E-state index in [0.29, 0.717) is 5.56 Å². The third-order valence-electron chi connectivity index (χ3n) is 4.31. The zero-order chi connectivity index (χ0) is 18.1. The molecule has 0 aliphatic heterocycles. The zero-order valence-corrected chi connectivity index (χ0v) is 14.1. The van der Waals surface area contributed by atoms with Gasteiger partial charge in [0.25, 0.3) is 5.91 Å². The van der Waals surface area contributed by atoms with Crippen molar-refractivity contribution < 1.29 is 9.18 Å². The molecule has 0 atom stereocenters. The van der Waals surface area contributed by atoms with Gasteiger partial charge in [-0.3, -0.25) is 4.79 Å². The highest BCUT2D eigenvalue weighted by molar-refractivity contribution is 6.01. The van der Waals surface area contributed by atoms with E-state index in [9.17, 15) is 9.18 Å². The molecule has 2 heterocycles. The summed E-state index contributed by atoms with van der Waals surface area (Å²) in [6.07, 6.45) is 1.86. The monoisotopic (exact) mass is 345 g/mol. The average Bonchev–Trinajstić information content (AvgIpc) is 3.11. The lowest BCUT2D eigenvalue weighted by Gasteiger charge is -2.08. The van der Waals surface area contributed by atoms with Crippen molar-refractivity contribution in [1.82, 2.24) is 14.9 Å². The van der Waals surface area contributed by atoms with E-state index in [1.54, 1.807) is 29.8 Å². The van der Waals surface area contributed by atoms with Gasteiger partial charge in [-0.15, -0.1) is 0 Å². The maximum absolute atomic E-state index is 13.1. The Morgan fingerprint density at radius 1 is 1.00 bits per heavy atom. The number of pyridine rings is 1. The maximum atomic E-state index is 13.1. The lowest BCUT2D eigenvalue weighted by molar-refractivity contribution is 0.0963. The molecule has 0 spiro atoms. The Kier molecular flexibility index (Phi) is 3.97. The molecule has 4 rings (SSSR count). The van der Waals surface area contributed by atoms with E-state index in [-0.39, 0.29) is 11.7 Å². The number of halogens is 1. The first-order valence-electron chi connectivity index (χ1n) is 8.22. The van der Waals surface area contributed by atoms with Crippen LogP contribution < -0.4 is 5.32 Å². The van der Waals surface area contributed by atoms with Crippen LogP contribution in [-0.2, 0) is 0 Å². The van der Waals surface area contributed by atoms with Gasteiger partial charge >= 0.3 is 0 Å². The average molecular weight is 345 g/mol. The number of fused-ring (bicyclic) bond motifs is 1. The zero-order valence-electron chi connectivity index (χ0n) is 14.1. The summed E-state index contributed by atoms with van der Waals surface area (Å²) in [5, 5.41) is 7.21. The first-order valence-corrected chi connectivity index (χ1v) is 8.22. The third kappa shape index (κ3) is 2.84. The first kappa shape index (κ1) is 16.0. The van der Waals surface area contributed by atoms with E-state index in [0.717, 1.165) is 27.9 Å². The van der Waals surface area contributed by atoms with Crippen LogP contribution in [0.5, 0.6) is 0 Å². The van der Waals surface area contributed by atoms with Crippen molar-refractivity contribution in [3.63, 3.8) is 0 Å². The molecule has 5 heteroatoms. The van der Waals surface area contributed by atoms with Gasteiger partial charge in [0, 0.05) is 24.4 Å². The van der Waals surface area contributed by atoms with Gasteiger partial charge in [0.05, 0.1) is 11.2 Å². The molecule has 1 N–H and O–H groups in total. The summed E-state index contributed by atoms with van der Waals surface area (Å²) in [5.41, 5.74) is 4.93. The number of amides is 1. The second-order valence-corrected chi connectivity index (χ2v) is 5.95. The molecule has 0 aliphatic rings. The molecular formula is C21H16FN3O. The van der Waals surface area contributed by atoms with Crippen LogP contribution in [0.3, 0.4) is 0 Å². The van der Waals surface area contributed by atoms with E-state index < -0.39 is 0 Å². The van der Waals surface area contributed by atoms with Gasteiger partial charge in [0.2, 0.25) is 0 Å². The van der Waals surface area contributed by atoms with E-state index in [1.807, 2.05) is 42.6 Å². The minimum absolute atomic E-state index is 0.124. The van der Waals surface area contributed by atoms with Crippen LogP contribution in [0.1, 0.15) is 10.4 Å². The number of hydrogen-bond acceptors (Lipinski definition) is 2. The summed E-state index contributed by atoms with van der Waals surface area (Å²) in [5.74, 6) is -0.397. The molecule has 0 saturated heterocycles. The fraction of sp³-hybridized carbons (Fsp3) is 0.0476. The Balaban J connectivity index is 1.80. The summed E-state index contributed by atoms with van der Waals surface area (Å²) in [4.78, 5) is 12.1. The number of hydrogen-bond donors (Lipinski definition) is 1. The first-order chi connectivity index (χ1) is 12.7. The van der Waals surface area contributed by atoms with Crippen LogP contribution in [0.25, 0.3) is 27.9 Å². The lowest BCUT2D eigenvalue weighted by atomic mass is 9.99. The predicted octanol–water partition coefficient (Wildman–Crippen LogP) is 4.17. The van der Waals surface area contributed by atoms with Gasteiger partial charge in [0.15, 0.2) is 0 Å². The molecule has 4 aromatic rings. The Morgan fingerprint density at radius 2 is 1.77 bits per heavy atom. The maximum Gasteiger partial charge on any atom is 0.251 e.